The van der Waals surface area contributed by atoms with Crippen molar-refractivity contribution in [3.63, 3.8) is 0 Å². The maximum absolute atomic E-state index is 11.2. The molecule has 84 valence electrons. The SMILES string of the molecule is Cc1ccc(NC(=O)C=CC(=O)O)cc1Cl. The van der Waals surface area contributed by atoms with E-state index >= 15 is 0 Å². The van der Waals surface area contributed by atoms with E-state index in [1.54, 1.807) is 18.2 Å². The Morgan fingerprint density at radius 3 is 2.62 bits per heavy atom. The summed E-state index contributed by atoms with van der Waals surface area (Å²) in [5.74, 6) is -1.68. The summed E-state index contributed by atoms with van der Waals surface area (Å²) >= 11 is 5.86. The molecule has 5 heteroatoms. The first-order valence-corrected chi connectivity index (χ1v) is 4.85. The van der Waals surface area contributed by atoms with Crippen molar-refractivity contribution in [2.75, 3.05) is 5.32 Å². The summed E-state index contributed by atoms with van der Waals surface area (Å²) in [4.78, 5) is 21.4. The van der Waals surface area contributed by atoms with E-state index in [1.165, 1.54) is 0 Å². The van der Waals surface area contributed by atoms with Crippen LogP contribution in [0.5, 0.6) is 0 Å². The molecule has 4 nitrogen and oxygen atoms in total. The quantitative estimate of drug-likeness (QED) is 0.795. The predicted molar refractivity (Wildman–Crippen MR) is 61.6 cm³/mol. The zero-order valence-corrected chi connectivity index (χ0v) is 9.28. The third-order valence-corrected chi connectivity index (χ3v) is 2.22. The lowest BCUT2D eigenvalue weighted by Gasteiger charge is -2.04. The Morgan fingerprint density at radius 2 is 2.06 bits per heavy atom. The molecule has 0 spiro atoms. The fourth-order valence-electron chi connectivity index (χ4n) is 1.00. The topological polar surface area (TPSA) is 66.4 Å². The van der Waals surface area contributed by atoms with Crippen LogP contribution in [-0.4, -0.2) is 17.0 Å². The third kappa shape index (κ3) is 3.74. The van der Waals surface area contributed by atoms with Crippen LogP contribution in [0.25, 0.3) is 0 Å². The molecule has 0 unspecified atom stereocenters. The fraction of sp³-hybridized carbons (Fsp3) is 0.0909. The number of hydrogen-bond donors (Lipinski definition) is 2. The highest BCUT2D eigenvalue weighted by Gasteiger charge is 2.01. The zero-order valence-electron chi connectivity index (χ0n) is 8.53. The number of benzene rings is 1. The Bertz CT molecular complexity index is 455. The van der Waals surface area contributed by atoms with Crippen molar-refractivity contribution in [1.29, 1.82) is 0 Å². The van der Waals surface area contributed by atoms with Crippen molar-refractivity contribution >= 4 is 29.2 Å². The summed E-state index contributed by atoms with van der Waals surface area (Å²) in [6.07, 6.45) is 1.71. The highest BCUT2D eigenvalue weighted by molar-refractivity contribution is 6.31. The van der Waals surface area contributed by atoms with Gasteiger partial charge in [0.15, 0.2) is 0 Å². The van der Waals surface area contributed by atoms with E-state index in [4.69, 9.17) is 16.7 Å². The van der Waals surface area contributed by atoms with Crippen LogP contribution in [0.15, 0.2) is 30.4 Å². The minimum Gasteiger partial charge on any atom is -0.478 e. The number of carboxylic acid groups (broad SMARTS) is 1. The van der Waals surface area contributed by atoms with Crippen LogP contribution in [0.4, 0.5) is 5.69 Å². The molecular weight excluding hydrogens is 230 g/mol. The predicted octanol–water partition coefficient (Wildman–Crippen LogP) is 2.23. The second kappa shape index (κ2) is 5.32. The molecule has 0 aliphatic heterocycles. The van der Waals surface area contributed by atoms with Gasteiger partial charge < -0.3 is 10.4 Å². The number of rotatable bonds is 3. The third-order valence-electron chi connectivity index (χ3n) is 1.82. The summed E-state index contributed by atoms with van der Waals surface area (Å²) in [5.41, 5.74) is 1.43. The van der Waals surface area contributed by atoms with Crippen molar-refractivity contribution in [2.45, 2.75) is 6.92 Å². The average molecular weight is 240 g/mol. The maximum Gasteiger partial charge on any atom is 0.328 e. The van der Waals surface area contributed by atoms with Crippen LogP contribution in [0.1, 0.15) is 5.56 Å². The fourth-order valence-corrected chi connectivity index (χ4v) is 1.18. The zero-order chi connectivity index (χ0) is 12.1. The monoisotopic (exact) mass is 239 g/mol. The van der Waals surface area contributed by atoms with E-state index in [1.807, 2.05) is 6.92 Å². The van der Waals surface area contributed by atoms with Gasteiger partial charge in [-0.25, -0.2) is 4.79 Å². The minimum absolute atomic E-state index is 0.512. The Labute approximate surface area is 97.5 Å². The lowest BCUT2D eigenvalue weighted by Crippen LogP contribution is -2.08. The Morgan fingerprint density at radius 1 is 1.38 bits per heavy atom. The van der Waals surface area contributed by atoms with E-state index in [0.717, 1.165) is 17.7 Å². The van der Waals surface area contributed by atoms with Gasteiger partial charge in [-0.2, -0.15) is 0 Å². The highest BCUT2D eigenvalue weighted by Crippen LogP contribution is 2.19. The Balaban J connectivity index is 2.70. The number of anilines is 1. The van der Waals surface area contributed by atoms with E-state index in [2.05, 4.69) is 5.32 Å². The van der Waals surface area contributed by atoms with Crippen molar-refractivity contribution < 1.29 is 14.7 Å². The largest absolute Gasteiger partial charge is 0.478 e. The second-order valence-corrected chi connectivity index (χ2v) is 3.53. The molecule has 0 radical (unpaired) electrons. The van der Waals surface area contributed by atoms with Gasteiger partial charge in [0.1, 0.15) is 0 Å². The molecule has 0 aromatic heterocycles. The van der Waals surface area contributed by atoms with Crippen LogP contribution < -0.4 is 5.32 Å². The average Bonchev–Trinajstić information content (AvgIpc) is 2.21. The van der Waals surface area contributed by atoms with Crippen LogP contribution in [-0.2, 0) is 9.59 Å². The Hall–Kier alpha value is -1.81. The number of aryl methyl sites for hydroxylation is 1. The van der Waals surface area contributed by atoms with Gasteiger partial charge in [-0.3, -0.25) is 4.79 Å². The number of carbonyl (C=O) groups is 2. The lowest BCUT2D eigenvalue weighted by atomic mass is 10.2. The van der Waals surface area contributed by atoms with Gasteiger partial charge in [0.2, 0.25) is 5.91 Å². The molecular formula is C11H10ClNO3. The summed E-state index contributed by atoms with van der Waals surface area (Å²) < 4.78 is 0. The van der Waals surface area contributed by atoms with Crippen LogP contribution in [0, 0.1) is 6.92 Å². The summed E-state index contributed by atoms with van der Waals surface area (Å²) in [5, 5.41) is 11.4. The van der Waals surface area contributed by atoms with E-state index in [0.29, 0.717) is 10.7 Å². The summed E-state index contributed by atoms with van der Waals surface area (Å²) in [7, 11) is 0. The van der Waals surface area contributed by atoms with Gasteiger partial charge in [-0.1, -0.05) is 17.7 Å². The first-order valence-electron chi connectivity index (χ1n) is 4.47. The standard InChI is InChI=1S/C11H10ClNO3/c1-7-2-3-8(6-9(7)12)13-10(14)4-5-11(15)16/h2-6H,1H3,(H,13,14)(H,15,16). The molecule has 0 heterocycles. The van der Waals surface area contributed by atoms with Gasteiger partial charge in [-0.05, 0) is 24.6 Å². The number of amides is 1. The van der Waals surface area contributed by atoms with Crippen molar-refractivity contribution in [2.24, 2.45) is 0 Å². The number of nitrogens with one attached hydrogen (secondary N) is 1. The van der Waals surface area contributed by atoms with E-state index < -0.39 is 11.9 Å². The molecule has 1 aromatic carbocycles. The minimum atomic E-state index is -1.17. The molecule has 1 amide bonds. The van der Waals surface area contributed by atoms with Crippen LogP contribution in [0.3, 0.4) is 0 Å². The molecule has 2 N–H and O–H groups in total. The van der Waals surface area contributed by atoms with Crippen molar-refractivity contribution in [3.05, 3.63) is 40.9 Å². The molecule has 16 heavy (non-hydrogen) atoms. The molecule has 0 aliphatic rings. The summed E-state index contributed by atoms with van der Waals surface area (Å²) in [6.45, 7) is 1.85. The van der Waals surface area contributed by atoms with Crippen molar-refractivity contribution in [3.8, 4) is 0 Å². The van der Waals surface area contributed by atoms with Gasteiger partial charge in [0.05, 0.1) is 0 Å². The van der Waals surface area contributed by atoms with Crippen molar-refractivity contribution in [1.82, 2.24) is 0 Å². The number of hydrogen-bond acceptors (Lipinski definition) is 2. The molecule has 0 saturated carbocycles. The first kappa shape index (κ1) is 12.3. The molecule has 0 aliphatic carbocycles. The second-order valence-electron chi connectivity index (χ2n) is 3.12. The highest BCUT2D eigenvalue weighted by atomic mass is 35.5. The first-order chi connectivity index (χ1) is 7.49. The molecule has 0 bridgehead atoms. The lowest BCUT2D eigenvalue weighted by molar-refractivity contribution is -0.131. The number of halogens is 1. The number of carboxylic acids is 1. The van der Waals surface area contributed by atoms with E-state index in [-0.39, 0.29) is 0 Å². The van der Waals surface area contributed by atoms with Gasteiger partial charge in [0.25, 0.3) is 0 Å². The number of carbonyl (C=O) groups excluding carboxylic acids is 1. The molecule has 0 fully saturated rings. The van der Waals surface area contributed by atoms with Crippen LogP contribution >= 0.6 is 11.6 Å². The van der Waals surface area contributed by atoms with Crippen LogP contribution in [0.2, 0.25) is 5.02 Å². The smallest absolute Gasteiger partial charge is 0.328 e. The molecule has 1 aromatic rings. The number of aliphatic carboxylic acids is 1. The van der Waals surface area contributed by atoms with Gasteiger partial charge in [-0.15, -0.1) is 0 Å². The summed E-state index contributed by atoms with van der Waals surface area (Å²) in [6, 6.07) is 5.05. The van der Waals surface area contributed by atoms with Gasteiger partial charge >= 0.3 is 5.97 Å². The Kier molecular flexibility index (Phi) is 4.08. The molecule has 0 saturated heterocycles. The molecule has 1 rings (SSSR count). The normalized spacial score (nSPS) is 10.4. The van der Waals surface area contributed by atoms with E-state index in [9.17, 15) is 9.59 Å². The molecule has 0 atom stereocenters. The van der Waals surface area contributed by atoms with Gasteiger partial charge in [0, 0.05) is 22.9 Å². The maximum atomic E-state index is 11.2.